The molecule has 1 aliphatic rings. The molecule has 0 aliphatic heterocycles. The fourth-order valence-corrected chi connectivity index (χ4v) is 3.38. The molecule has 9 heteroatoms. The Morgan fingerprint density at radius 1 is 1.10 bits per heavy atom. The van der Waals surface area contributed by atoms with Crippen molar-refractivity contribution in [3.8, 4) is 22.6 Å². The van der Waals surface area contributed by atoms with Crippen molar-refractivity contribution in [1.82, 2.24) is 20.2 Å². The van der Waals surface area contributed by atoms with Crippen LogP contribution in [0.5, 0.6) is 0 Å². The lowest BCUT2D eigenvalue weighted by Crippen LogP contribution is -2.25. The van der Waals surface area contributed by atoms with Crippen LogP contribution in [0.15, 0.2) is 46.9 Å². The molecule has 2 aromatic carbocycles. The van der Waals surface area contributed by atoms with Gasteiger partial charge in [-0.25, -0.2) is 13.1 Å². The fourth-order valence-electron chi connectivity index (χ4n) is 3.00. The molecule has 1 amide bonds. The summed E-state index contributed by atoms with van der Waals surface area (Å²) < 4.78 is 30.2. The van der Waals surface area contributed by atoms with Gasteiger partial charge < -0.3 is 9.73 Å². The molecule has 3 aromatic rings. The number of sulfonamides is 1. The molecule has 30 heavy (non-hydrogen) atoms. The first kappa shape index (κ1) is 20.2. The van der Waals surface area contributed by atoms with Gasteiger partial charge in [-0.1, -0.05) is 18.2 Å². The highest BCUT2D eigenvalue weighted by molar-refractivity contribution is 7.88. The molecule has 1 heterocycles. The summed E-state index contributed by atoms with van der Waals surface area (Å²) in [6.07, 6.45) is 3.16. The van der Waals surface area contributed by atoms with E-state index in [0.29, 0.717) is 17.5 Å². The second-order valence-electron chi connectivity index (χ2n) is 7.45. The van der Waals surface area contributed by atoms with Crippen molar-refractivity contribution in [2.24, 2.45) is 0 Å². The highest BCUT2D eigenvalue weighted by Gasteiger charge is 2.24. The van der Waals surface area contributed by atoms with Crippen molar-refractivity contribution < 1.29 is 17.6 Å². The highest BCUT2D eigenvalue weighted by atomic mass is 32.2. The lowest BCUT2D eigenvalue weighted by molar-refractivity contribution is 0.0951. The van der Waals surface area contributed by atoms with Crippen LogP contribution in [-0.4, -0.2) is 36.8 Å². The number of hydrogen-bond acceptors (Lipinski definition) is 6. The van der Waals surface area contributed by atoms with Crippen molar-refractivity contribution >= 4 is 15.9 Å². The Morgan fingerprint density at radius 3 is 2.47 bits per heavy atom. The van der Waals surface area contributed by atoms with E-state index in [-0.39, 0.29) is 18.3 Å². The van der Waals surface area contributed by atoms with E-state index >= 15 is 0 Å². The van der Waals surface area contributed by atoms with Crippen LogP contribution in [-0.2, 0) is 16.6 Å². The number of amides is 1. The van der Waals surface area contributed by atoms with Crippen LogP contribution in [0, 0.1) is 6.92 Å². The van der Waals surface area contributed by atoms with Crippen LogP contribution in [0.3, 0.4) is 0 Å². The van der Waals surface area contributed by atoms with Crippen LogP contribution >= 0.6 is 0 Å². The van der Waals surface area contributed by atoms with E-state index in [4.69, 9.17) is 4.42 Å². The van der Waals surface area contributed by atoms with Crippen LogP contribution < -0.4 is 10.0 Å². The molecule has 0 spiro atoms. The average molecular weight is 426 g/mol. The summed E-state index contributed by atoms with van der Waals surface area (Å²) in [6.45, 7) is 1.95. The number of nitrogens with one attached hydrogen (secondary N) is 2. The number of carbonyl (C=O) groups is 1. The van der Waals surface area contributed by atoms with Crippen LogP contribution in [0.1, 0.15) is 34.7 Å². The standard InChI is InChI=1S/C21H22N4O4S/c1-13-3-4-16(20(26)23-17-9-10-17)11-18(13)14-5-7-15(8-6-14)21-25-24-19(29-21)12-22-30(2,27)28/h3-8,11,17,22H,9-10,12H2,1-2H3,(H,23,26). The summed E-state index contributed by atoms with van der Waals surface area (Å²) in [5.41, 5.74) is 4.38. The number of carbonyl (C=O) groups excluding carboxylic acids is 1. The van der Waals surface area contributed by atoms with E-state index in [9.17, 15) is 13.2 Å². The molecule has 156 valence electrons. The summed E-state index contributed by atoms with van der Waals surface area (Å²) in [7, 11) is -3.34. The lowest BCUT2D eigenvalue weighted by atomic mass is 9.97. The molecule has 1 saturated carbocycles. The maximum absolute atomic E-state index is 12.4. The molecule has 0 unspecified atom stereocenters. The van der Waals surface area contributed by atoms with E-state index in [1.807, 2.05) is 49.4 Å². The Morgan fingerprint density at radius 2 is 1.80 bits per heavy atom. The first-order valence-electron chi connectivity index (χ1n) is 9.58. The van der Waals surface area contributed by atoms with Crippen molar-refractivity contribution in [2.45, 2.75) is 32.4 Å². The van der Waals surface area contributed by atoms with Gasteiger partial charge in [-0.3, -0.25) is 4.79 Å². The summed E-state index contributed by atoms with van der Waals surface area (Å²) in [6, 6.07) is 13.6. The number of rotatable bonds is 7. The number of benzene rings is 2. The zero-order chi connectivity index (χ0) is 21.3. The van der Waals surface area contributed by atoms with Gasteiger partial charge in [-0.05, 0) is 60.7 Å². The van der Waals surface area contributed by atoms with E-state index in [1.165, 1.54) is 0 Å². The van der Waals surface area contributed by atoms with Gasteiger partial charge in [0.15, 0.2) is 0 Å². The second-order valence-corrected chi connectivity index (χ2v) is 9.28. The third-order valence-corrected chi connectivity index (χ3v) is 5.48. The number of aromatic nitrogens is 2. The summed E-state index contributed by atoms with van der Waals surface area (Å²) >= 11 is 0. The van der Waals surface area contributed by atoms with Gasteiger partial charge in [-0.15, -0.1) is 10.2 Å². The molecule has 0 saturated heterocycles. The van der Waals surface area contributed by atoms with Gasteiger partial charge >= 0.3 is 0 Å². The second kappa shape index (κ2) is 8.00. The molecule has 1 aromatic heterocycles. The van der Waals surface area contributed by atoms with Gasteiger partial charge in [0.25, 0.3) is 5.91 Å². The van der Waals surface area contributed by atoms with Gasteiger partial charge in [0.2, 0.25) is 21.8 Å². The van der Waals surface area contributed by atoms with Crippen LogP contribution in [0.4, 0.5) is 0 Å². The molecule has 2 N–H and O–H groups in total. The molecule has 1 fully saturated rings. The van der Waals surface area contributed by atoms with Gasteiger partial charge in [0, 0.05) is 17.2 Å². The van der Waals surface area contributed by atoms with Crippen molar-refractivity contribution in [3.05, 3.63) is 59.5 Å². The fraction of sp³-hybridized carbons (Fsp3) is 0.286. The smallest absolute Gasteiger partial charge is 0.251 e. The van der Waals surface area contributed by atoms with Crippen LogP contribution in [0.25, 0.3) is 22.6 Å². The van der Waals surface area contributed by atoms with Crippen molar-refractivity contribution in [1.29, 1.82) is 0 Å². The minimum Gasteiger partial charge on any atom is -0.419 e. The third-order valence-electron chi connectivity index (χ3n) is 4.81. The van der Waals surface area contributed by atoms with Crippen molar-refractivity contribution in [2.75, 3.05) is 6.26 Å². The number of aryl methyl sites for hydroxylation is 1. The SMILES string of the molecule is Cc1ccc(C(=O)NC2CC2)cc1-c1ccc(-c2nnc(CNS(C)(=O)=O)o2)cc1. The van der Waals surface area contributed by atoms with Gasteiger partial charge in [0.05, 0.1) is 12.8 Å². The number of hydrogen-bond donors (Lipinski definition) is 2. The van der Waals surface area contributed by atoms with E-state index < -0.39 is 10.0 Å². The Balaban J connectivity index is 1.52. The summed E-state index contributed by atoms with van der Waals surface area (Å²) in [5.74, 6) is 0.447. The minimum atomic E-state index is -3.34. The molecular formula is C21H22N4O4S. The highest BCUT2D eigenvalue weighted by Crippen LogP contribution is 2.28. The van der Waals surface area contributed by atoms with Crippen LogP contribution in [0.2, 0.25) is 0 Å². The summed E-state index contributed by atoms with van der Waals surface area (Å²) in [4.78, 5) is 12.4. The maximum atomic E-state index is 12.4. The van der Waals surface area contributed by atoms with E-state index in [0.717, 1.165) is 41.4 Å². The first-order chi connectivity index (χ1) is 14.3. The maximum Gasteiger partial charge on any atom is 0.251 e. The van der Waals surface area contributed by atoms with Gasteiger partial charge in [0.1, 0.15) is 0 Å². The molecule has 1 aliphatic carbocycles. The third kappa shape index (κ3) is 4.92. The normalized spacial score (nSPS) is 13.9. The minimum absolute atomic E-state index is 0.0449. The Labute approximate surface area is 174 Å². The van der Waals surface area contributed by atoms with Gasteiger partial charge in [-0.2, -0.15) is 0 Å². The first-order valence-corrected chi connectivity index (χ1v) is 11.5. The molecule has 4 rings (SSSR count). The molecule has 0 atom stereocenters. The topological polar surface area (TPSA) is 114 Å². The Hall–Kier alpha value is -3.04. The number of nitrogens with zero attached hydrogens (tertiary/aromatic N) is 2. The predicted octanol–water partition coefficient (Wildman–Crippen LogP) is 2.65. The largest absolute Gasteiger partial charge is 0.419 e. The summed E-state index contributed by atoms with van der Waals surface area (Å²) in [5, 5.41) is 10.8. The zero-order valence-electron chi connectivity index (χ0n) is 16.7. The van der Waals surface area contributed by atoms with E-state index in [1.54, 1.807) is 0 Å². The predicted molar refractivity (Wildman–Crippen MR) is 112 cm³/mol. The molecular weight excluding hydrogens is 404 g/mol. The zero-order valence-corrected chi connectivity index (χ0v) is 17.5. The van der Waals surface area contributed by atoms with E-state index in [2.05, 4.69) is 20.2 Å². The monoisotopic (exact) mass is 426 g/mol. The quantitative estimate of drug-likeness (QED) is 0.600. The average Bonchev–Trinajstić information content (AvgIpc) is 3.39. The Bertz CT molecular complexity index is 1180. The molecule has 0 bridgehead atoms. The molecule has 0 radical (unpaired) electrons. The Kier molecular flexibility index (Phi) is 5.40. The lowest BCUT2D eigenvalue weighted by Gasteiger charge is -2.10. The molecule has 8 nitrogen and oxygen atoms in total. The van der Waals surface area contributed by atoms with Crippen molar-refractivity contribution in [3.63, 3.8) is 0 Å².